The summed E-state index contributed by atoms with van der Waals surface area (Å²) in [5.74, 6) is -1.07. The lowest BCUT2D eigenvalue weighted by Crippen LogP contribution is -2.15. The van der Waals surface area contributed by atoms with Crippen LogP contribution in [0.3, 0.4) is 0 Å². The predicted octanol–water partition coefficient (Wildman–Crippen LogP) is 3.80. The topological polar surface area (TPSA) is 77.0 Å². The second-order valence-corrected chi connectivity index (χ2v) is 6.99. The Kier molecular flexibility index (Phi) is 6.63. The molecule has 0 atom stereocenters. The number of nitriles is 1. The van der Waals surface area contributed by atoms with Gasteiger partial charge in [0.15, 0.2) is 6.61 Å². The van der Waals surface area contributed by atoms with Gasteiger partial charge in [-0.2, -0.15) is 5.26 Å². The minimum atomic E-state index is -0.790. The van der Waals surface area contributed by atoms with Crippen LogP contribution in [0, 0.1) is 39.0 Å². The SMILES string of the molecule is CCCn1c(C)cc(C=C(C#N)C(=O)OCC(=O)c2cc(C)n(C)c2C)c1C. The molecule has 28 heavy (non-hydrogen) atoms. The molecule has 0 saturated heterocycles. The van der Waals surface area contributed by atoms with Crippen LogP contribution < -0.4 is 0 Å². The van der Waals surface area contributed by atoms with Crippen molar-refractivity contribution in [3.8, 4) is 6.07 Å². The number of rotatable bonds is 7. The number of hydrogen-bond acceptors (Lipinski definition) is 4. The van der Waals surface area contributed by atoms with Gasteiger partial charge in [0.25, 0.3) is 0 Å². The lowest BCUT2D eigenvalue weighted by Gasteiger charge is -2.07. The van der Waals surface area contributed by atoms with Crippen molar-refractivity contribution in [2.75, 3.05) is 6.61 Å². The summed E-state index contributed by atoms with van der Waals surface area (Å²) < 4.78 is 9.17. The van der Waals surface area contributed by atoms with E-state index in [4.69, 9.17) is 4.74 Å². The van der Waals surface area contributed by atoms with Crippen LogP contribution in [0.1, 0.15) is 52.0 Å². The second-order valence-electron chi connectivity index (χ2n) is 6.99. The molecule has 0 fully saturated rings. The quantitative estimate of drug-likeness (QED) is 0.316. The van der Waals surface area contributed by atoms with Crippen LogP contribution in [0.2, 0.25) is 0 Å². The first-order valence-corrected chi connectivity index (χ1v) is 9.33. The second kappa shape index (κ2) is 8.75. The van der Waals surface area contributed by atoms with Gasteiger partial charge in [0.2, 0.25) is 5.78 Å². The third-order valence-electron chi connectivity index (χ3n) is 5.11. The number of aryl methyl sites for hydroxylation is 2. The summed E-state index contributed by atoms with van der Waals surface area (Å²) in [5.41, 5.74) is 5.04. The Morgan fingerprint density at radius 3 is 2.36 bits per heavy atom. The molecule has 0 aliphatic carbocycles. The predicted molar refractivity (Wildman–Crippen MR) is 108 cm³/mol. The molecule has 6 nitrogen and oxygen atoms in total. The molecule has 0 aromatic carbocycles. The van der Waals surface area contributed by atoms with Gasteiger partial charge in [-0.1, -0.05) is 6.92 Å². The Balaban J connectivity index is 2.15. The van der Waals surface area contributed by atoms with Gasteiger partial charge < -0.3 is 13.9 Å². The molecule has 0 radical (unpaired) electrons. The van der Waals surface area contributed by atoms with E-state index in [9.17, 15) is 14.9 Å². The van der Waals surface area contributed by atoms with E-state index in [0.717, 1.165) is 41.3 Å². The minimum absolute atomic E-state index is 0.120. The van der Waals surface area contributed by atoms with Crippen LogP contribution >= 0.6 is 0 Å². The monoisotopic (exact) mass is 381 g/mol. The van der Waals surface area contributed by atoms with E-state index in [1.165, 1.54) is 6.08 Å². The highest BCUT2D eigenvalue weighted by atomic mass is 16.5. The number of Topliss-reactive ketones (excluding diaryl/α,β-unsaturated/α-hetero) is 1. The number of aromatic nitrogens is 2. The molecule has 0 bridgehead atoms. The maximum Gasteiger partial charge on any atom is 0.349 e. The van der Waals surface area contributed by atoms with Crippen molar-refractivity contribution in [2.45, 2.75) is 47.6 Å². The maximum atomic E-state index is 12.4. The molecule has 0 amide bonds. The summed E-state index contributed by atoms with van der Waals surface area (Å²) in [6.45, 7) is 10.3. The number of ether oxygens (including phenoxy) is 1. The number of carbonyl (C=O) groups excluding carboxylic acids is 2. The largest absolute Gasteiger partial charge is 0.453 e. The Bertz CT molecular complexity index is 984. The van der Waals surface area contributed by atoms with Crippen LogP contribution in [0.5, 0.6) is 0 Å². The maximum absolute atomic E-state index is 12.4. The fraction of sp³-hybridized carbons (Fsp3) is 0.409. The summed E-state index contributed by atoms with van der Waals surface area (Å²) in [5, 5.41) is 9.38. The molecule has 0 aliphatic rings. The molecule has 6 heteroatoms. The van der Waals surface area contributed by atoms with Crippen molar-refractivity contribution in [3.05, 3.63) is 51.6 Å². The van der Waals surface area contributed by atoms with Crippen molar-refractivity contribution in [1.29, 1.82) is 5.26 Å². The van der Waals surface area contributed by atoms with Gasteiger partial charge in [0.1, 0.15) is 11.6 Å². The molecular formula is C22H27N3O3. The molecule has 0 aliphatic heterocycles. The molecule has 2 aromatic heterocycles. The Labute approximate surface area is 166 Å². The number of esters is 1. The molecule has 2 heterocycles. The summed E-state index contributed by atoms with van der Waals surface area (Å²) >= 11 is 0. The van der Waals surface area contributed by atoms with Crippen LogP contribution in [0.15, 0.2) is 17.7 Å². The average molecular weight is 381 g/mol. The van der Waals surface area contributed by atoms with Crippen molar-refractivity contribution in [1.82, 2.24) is 9.13 Å². The minimum Gasteiger partial charge on any atom is -0.453 e. The van der Waals surface area contributed by atoms with Crippen molar-refractivity contribution >= 4 is 17.8 Å². The van der Waals surface area contributed by atoms with Gasteiger partial charge in [0.05, 0.1) is 0 Å². The summed E-state index contributed by atoms with van der Waals surface area (Å²) in [7, 11) is 1.87. The van der Waals surface area contributed by atoms with Crippen molar-refractivity contribution in [3.63, 3.8) is 0 Å². The zero-order chi connectivity index (χ0) is 21.0. The van der Waals surface area contributed by atoms with E-state index < -0.39 is 12.6 Å². The van der Waals surface area contributed by atoms with E-state index in [1.54, 1.807) is 6.07 Å². The van der Waals surface area contributed by atoms with Gasteiger partial charge in [-0.05, 0) is 57.9 Å². The first-order valence-electron chi connectivity index (χ1n) is 9.33. The lowest BCUT2D eigenvalue weighted by atomic mass is 10.1. The molecule has 2 rings (SSSR count). The highest BCUT2D eigenvalue weighted by Gasteiger charge is 2.18. The number of ketones is 1. The van der Waals surface area contributed by atoms with Crippen molar-refractivity contribution in [2.24, 2.45) is 7.05 Å². The summed E-state index contributed by atoms with van der Waals surface area (Å²) in [6.07, 6.45) is 2.52. The van der Waals surface area contributed by atoms with Crippen LogP contribution in [-0.4, -0.2) is 27.5 Å². The van der Waals surface area contributed by atoms with Crippen LogP contribution in [0.25, 0.3) is 6.08 Å². The van der Waals surface area contributed by atoms with Gasteiger partial charge in [-0.25, -0.2) is 4.79 Å². The number of nitrogens with zero attached hydrogens (tertiary/aromatic N) is 3. The smallest absolute Gasteiger partial charge is 0.349 e. The Morgan fingerprint density at radius 1 is 1.14 bits per heavy atom. The zero-order valence-corrected chi connectivity index (χ0v) is 17.4. The normalized spacial score (nSPS) is 11.4. The van der Waals surface area contributed by atoms with E-state index >= 15 is 0 Å². The summed E-state index contributed by atoms with van der Waals surface area (Å²) in [4.78, 5) is 24.7. The average Bonchev–Trinajstić information content (AvgIpc) is 3.08. The number of carbonyl (C=O) groups is 2. The van der Waals surface area contributed by atoms with Gasteiger partial charge in [0, 0.05) is 41.9 Å². The van der Waals surface area contributed by atoms with E-state index in [1.807, 2.05) is 51.4 Å². The fourth-order valence-electron chi connectivity index (χ4n) is 3.26. The standard InChI is InChI=1S/C22H27N3O3/c1-7-8-25-15(3)9-18(16(25)4)11-19(12-23)22(27)28-13-21(26)20-10-14(2)24(6)17(20)5/h9-11H,7-8,13H2,1-6H3. The number of hydrogen-bond donors (Lipinski definition) is 0. The van der Waals surface area contributed by atoms with Crippen LogP contribution in [0.4, 0.5) is 0 Å². The molecule has 0 spiro atoms. The third-order valence-corrected chi connectivity index (χ3v) is 5.11. The van der Waals surface area contributed by atoms with Gasteiger partial charge >= 0.3 is 5.97 Å². The Hall–Kier alpha value is -3.07. The van der Waals surface area contributed by atoms with Crippen LogP contribution in [-0.2, 0) is 23.1 Å². The first kappa shape index (κ1) is 21.2. The van der Waals surface area contributed by atoms with Gasteiger partial charge in [-0.3, -0.25) is 4.79 Å². The van der Waals surface area contributed by atoms with Gasteiger partial charge in [-0.15, -0.1) is 0 Å². The first-order chi connectivity index (χ1) is 13.2. The van der Waals surface area contributed by atoms with Crippen molar-refractivity contribution < 1.29 is 14.3 Å². The van der Waals surface area contributed by atoms with E-state index in [2.05, 4.69) is 11.5 Å². The zero-order valence-electron chi connectivity index (χ0n) is 17.4. The third kappa shape index (κ3) is 4.25. The van der Waals surface area contributed by atoms with E-state index in [-0.39, 0.29) is 11.4 Å². The Morgan fingerprint density at radius 2 is 1.82 bits per heavy atom. The molecule has 148 valence electrons. The highest BCUT2D eigenvalue weighted by molar-refractivity contribution is 6.02. The van der Waals surface area contributed by atoms with E-state index in [0.29, 0.717) is 5.56 Å². The summed E-state index contributed by atoms with van der Waals surface area (Å²) in [6, 6.07) is 5.60. The molecule has 0 saturated carbocycles. The molecule has 0 unspecified atom stereocenters. The molecule has 2 aromatic rings. The fourth-order valence-corrected chi connectivity index (χ4v) is 3.26. The highest BCUT2D eigenvalue weighted by Crippen LogP contribution is 2.19. The molecular weight excluding hydrogens is 354 g/mol. The lowest BCUT2D eigenvalue weighted by molar-refractivity contribution is -0.137. The molecule has 0 N–H and O–H groups in total.